The van der Waals surface area contributed by atoms with Gasteiger partial charge in [-0.2, -0.15) is 0 Å². The van der Waals surface area contributed by atoms with Crippen molar-refractivity contribution < 1.29 is 0 Å². The standard InChI is InChI=1S/C9H9ClN2/c1-7-5-8(3-4-11-2)6-12-9(7)10/h5-6H,3-4H2,1H3. The van der Waals surface area contributed by atoms with Gasteiger partial charge < -0.3 is 4.85 Å². The molecule has 12 heavy (non-hydrogen) atoms. The van der Waals surface area contributed by atoms with E-state index in [2.05, 4.69) is 9.83 Å². The molecule has 0 aromatic carbocycles. The number of hydrogen-bond donors (Lipinski definition) is 0. The summed E-state index contributed by atoms with van der Waals surface area (Å²) in [4.78, 5) is 7.27. The number of aromatic nitrogens is 1. The van der Waals surface area contributed by atoms with E-state index in [1.54, 1.807) is 6.20 Å². The molecule has 0 radical (unpaired) electrons. The molecule has 0 spiro atoms. The maximum atomic E-state index is 6.63. The molecular weight excluding hydrogens is 172 g/mol. The summed E-state index contributed by atoms with van der Waals surface area (Å²) in [6.07, 6.45) is 2.48. The Balaban J connectivity index is 2.77. The van der Waals surface area contributed by atoms with Crippen molar-refractivity contribution >= 4 is 11.6 Å². The Bertz CT molecular complexity index is 315. The predicted molar refractivity (Wildman–Crippen MR) is 49.2 cm³/mol. The maximum absolute atomic E-state index is 6.63. The van der Waals surface area contributed by atoms with E-state index in [1.165, 1.54) is 0 Å². The topological polar surface area (TPSA) is 17.2 Å². The van der Waals surface area contributed by atoms with E-state index in [1.807, 2.05) is 13.0 Å². The van der Waals surface area contributed by atoms with Gasteiger partial charge in [-0.25, -0.2) is 11.6 Å². The van der Waals surface area contributed by atoms with Crippen LogP contribution in [0.25, 0.3) is 4.85 Å². The zero-order valence-corrected chi connectivity index (χ0v) is 7.60. The number of halogens is 1. The van der Waals surface area contributed by atoms with Crippen LogP contribution in [0.2, 0.25) is 5.15 Å². The van der Waals surface area contributed by atoms with Crippen LogP contribution in [0, 0.1) is 13.5 Å². The van der Waals surface area contributed by atoms with Crippen LogP contribution in [-0.4, -0.2) is 11.5 Å². The molecule has 0 saturated carbocycles. The highest BCUT2D eigenvalue weighted by molar-refractivity contribution is 6.30. The van der Waals surface area contributed by atoms with E-state index >= 15 is 0 Å². The minimum atomic E-state index is 0.517. The van der Waals surface area contributed by atoms with Crippen molar-refractivity contribution in [3.63, 3.8) is 0 Å². The highest BCUT2D eigenvalue weighted by Gasteiger charge is 1.99. The number of nitrogens with zero attached hydrogens (tertiary/aromatic N) is 2. The lowest BCUT2D eigenvalue weighted by atomic mass is 10.2. The minimum Gasteiger partial charge on any atom is -0.317 e. The maximum Gasteiger partial charge on any atom is 0.218 e. The second kappa shape index (κ2) is 4.08. The van der Waals surface area contributed by atoms with E-state index in [0.717, 1.165) is 17.5 Å². The van der Waals surface area contributed by atoms with Gasteiger partial charge in [0.25, 0.3) is 0 Å². The zero-order valence-electron chi connectivity index (χ0n) is 6.84. The number of rotatable bonds is 2. The van der Waals surface area contributed by atoms with E-state index in [4.69, 9.17) is 18.2 Å². The van der Waals surface area contributed by atoms with Crippen LogP contribution >= 0.6 is 11.6 Å². The largest absolute Gasteiger partial charge is 0.317 e. The van der Waals surface area contributed by atoms with Crippen LogP contribution in [0.5, 0.6) is 0 Å². The molecule has 0 fully saturated rings. The van der Waals surface area contributed by atoms with E-state index in [-0.39, 0.29) is 0 Å². The zero-order chi connectivity index (χ0) is 8.97. The van der Waals surface area contributed by atoms with E-state index < -0.39 is 0 Å². The van der Waals surface area contributed by atoms with Gasteiger partial charge in [-0.3, -0.25) is 0 Å². The summed E-state index contributed by atoms with van der Waals surface area (Å²) in [7, 11) is 0. The summed E-state index contributed by atoms with van der Waals surface area (Å²) in [5, 5.41) is 0.543. The van der Waals surface area contributed by atoms with Gasteiger partial charge in [0.05, 0.1) is 0 Å². The average molecular weight is 181 g/mol. The van der Waals surface area contributed by atoms with Gasteiger partial charge >= 0.3 is 0 Å². The SMILES string of the molecule is [C-]#[N+]CCc1cnc(Cl)c(C)c1. The third kappa shape index (κ3) is 2.21. The molecule has 0 aliphatic carbocycles. The lowest BCUT2D eigenvalue weighted by Gasteiger charge is -1.98. The Morgan fingerprint density at radius 2 is 2.42 bits per heavy atom. The molecule has 0 amide bonds. The van der Waals surface area contributed by atoms with Gasteiger partial charge in [-0.05, 0) is 18.1 Å². The minimum absolute atomic E-state index is 0.517. The number of aryl methyl sites for hydroxylation is 1. The molecule has 0 N–H and O–H groups in total. The van der Waals surface area contributed by atoms with E-state index in [9.17, 15) is 0 Å². The molecule has 1 aromatic rings. The van der Waals surface area contributed by atoms with Gasteiger partial charge in [0.1, 0.15) is 5.15 Å². The van der Waals surface area contributed by atoms with Crippen LogP contribution in [0.15, 0.2) is 12.3 Å². The molecule has 0 unspecified atom stereocenters. The Hall–Kier alpha value is -1.07. The molecule has 0 bridgehead atoms. The van der Waals surface area contributed by atoms with Crippen LogP contribution in [0.3, 0.4) is 0 Å². The molecule has 3 heteroatoms. The molecule has 0 aliphatic rings. The van der Waals surface area contributed by atoms with Crippen molar-refractivity contribution in [3.05, 3.63) is 40.0 Å². The van der Waals surface area contributed by atoms with Crippen LogP contribution in [-0.2, 0) is 6.42 Å². The highest BCUT2D eigenvalue weighted by atomic mass is 35.5. The summed E-state index contributed by atoms with van der Waals surface area (Å²) in [5.41, 5.74) is 2.05. The van der Waals surface area contributed by atoms with Gasteiger partial charge in [0.15, 0.2) is 0 Å². The molecule has 0 aliphatic heterocycles. The quantitative estimate of drug-likeness (QED) is 0.505. The van der Waals surface area contributed by atoms with Crippen molar-refractivity contribution in [3.8, 4) is 0 Å². The fourth-order valence-electron chi connectivity index (χ4n) is 0.938. The third-order valence-electron chi connectivity index (χ3n) is 1.58. The monoisotopic (exact) mass is 180 g/mol. The number of hydrogen-bond acceptors (Lipinski definition) is 1. The van der Waals surface area contributed by atoms with Crippen molar-refractivity contribution in [2.75, 3.05) is 6.54 Å². The summed E-state index contributed by atoms with van der Waals surface area (Å²) in [6, 6.07) is 1.97. The van der Waals surface area contributed by atoms with Crippen LogP contribution < -0.4 is 0 Å². The summed E-state index contributed by atoms with van der Waals surface area (Å²) >= 11 is 5.74. The second-order valence-electron chi connectivity index (χ2n) is 2.58. The highest BCUT2D eigenvalue weighted by Crippen LogP contribution is 2.12. The molecule has 1 heterocycles. The predicted octanol–water partition coefficient (Wildman–Crippen LogP) is 2.51. The third-order valence-corrected chi connectivity index (χ3v) is 1.98. The van der Waals surface area contributed by atoms with Gasteiger partial charge in [0.2, 0.25) is 6.54 Å². The first kappa shape index (κ1) is 9.02. The average Bonchev–Trinajstić information content (AvgIpc) is 2.07. The van der Waals surface area contributed by atoms with Crippen molar-refractivity contribution in [1.29, 1.82) is 0 Å². The molecular formula is C9H9ClN2. The Labute approximate surface area is 77.0 Å². The Morgan fingerprint density at radius 3 is 3.00 bits per heavy atom. The lowest BCUT2D eigenvalue weighted by molar-refractivity contribution is 1.05. The Kier molecular flexibility index (Phi) is 3.07. The Morgan fingerprint density at radius 1 is 1.67 bits per heavy atom. The molecule has 62 valence electrons. The van der Waals surface area contributed by atoms with Crippen molar-refractivity contribution in [2.45, 2.75) is 13.3 Å². The normalized spacial score (nSPS) is 9.42. The molecule has 1 rings (SSSR count). The van der Waals surface area contributed by atoms with E-state index in [0.29, 0.717) is 11.7 Å². The second-order valence-corrected chi connectivity index (χ2v) is 2.94. The van der Waals surface area contributed by atoms with Crippen LogP contribution in [0.4, 0.5) is 0 Å². The lowest BCUT2D eigenvalue weighted by Crippen LogP contribution is -1.91. The molecule has 2 nitrogen and oxygen atoms in total. The van der Waals surface area contributed by atoms with Gasteiger partial charge in [-0.15, -0.1) is 0 Å². The first-order valence-corrected chi connectivity index (χ1v) is 4.06. The molecule has 0 saturated heterocycles. The van der Waals surface area contributed by atoms with Crippen LogP contribution in [0.1, 0.15) is 11.1 Å². The smallest absolute Gasteiger partial charge is 0.218 e. The summed E-state index contributed by atoms with van der Waals surface area (Å²) < 4.78 is 0. The molecule has 1 aromatic heterocycles. The van der Waals surface area contributed by atoms with Gasteiger partial charge in [0, 0.05) is 12.6 Å². The summed E-state index contributed by atoms with van der Waals surface area (Å²) in [5.74, 6) is 0. The van der Waals surface area contributed by atoms with Gasteiger partial charge in [-0.1, -0.05) is 17.7 Å². The molecule has 0 atom stereocenters. The van der Waals surface area contributed by atoms with Crippen molar-refractivity contribution in [1.82, 2.24) is 4.98 Å². The first-order valence-electron chi connectivity index (χ1n) is 3.68. The fourth-order valence-corrected chi connectivity index (χ4v) is 1.04. The summed E-state index contributed by atoms with van der Waals surface area (Å²) in [6.45, 7) is 9.06. The first-order chi connectivity index (χ1) is 5.74. The number of pyridine rings is 1. The van der Waals surface area contributed by atoms with Crippen molar-refractivity contribution in [2.24, 2.45) is 0 Å². The fraction of sp³-hybridized carbons (Fsp3) is 0.333.